The van der Waals surface area contributed by atoms with Crippen LogP contribution < -0.4 is 0 Å². The highest BCUT2D eigenvalue weighted by Crippen LogP contribution is 2.39. The molecule has 8 aromatic carbocycles. The normalized spacial score (nSPS) is 11.9. The van der Waals surface area contributed by atoms with E-state index >= 15 is 0 Å². The van der Waals surface area contributed by atoms with Gasteiger partial charge in [-0.25, -0.2) is 15.0 Å². The van der Waals surface area contributed by atoms with Gasteiger partial charge >= 0.3 is 0 Å². The molecule has 0 aliphatic heterocycles. The van der Waals surface area contributed by atoms with Crippen molar-refractivity contribution < 1.29 is 4.42 Å². The maximum atomic E-state index is 6.32. The van der Waals surface area contributed by atoms with E-state index in [9.17, 15) is 0 Å². The number of para-hydroxylation sites is 5. The molecule has 0 saturated heterocycles. The zero-order chi connectivity index (χ0) is 37.5. The number of hydrogen-bond acceptors (Lipinski definition) is 4. The highest BCUT2D eigenvalue weighted by molar-refractivity contribution is 6.13. The van der Waals surface area contributed by atoms with Gasteiger partial charge in [0.25, 0.3) is 0 Å². The Balaban J connectivity index is 1.11. The number of aromatic nitrogens is 5. The average molecular weight is 730 g/mol. The topological polar surface area (TPSA) is 61.7 Å². The van der Waals surface area contributed by atoms with Gasteiger partial charge in [0.15, 0.2) is 17.5 Å². The molecule has 0 radical (unpaired) electrons. The monoisotopic (exact) mass is 729 g/mol. The second kappa shape index (κ2) is 12.3. The minimum absolute atomic E-state index is 0.589. The zero-order valence-electron chi connectivity index (χ0n) is 30.5. The van der Waals surface area contributed by atoms with Crippen LogP contribution in [0.15, 0.2) is 192 Å². The van der Waals surface area contributed by atoms with E-state index in [4.69, 9.17) is 19.4 Å². The van der Waals surface area contributed by atoms with Gasteiger partial charge in [0, 0.05) is 60.4 Å². The first kappa shape index (κ1) is 31.5. The summed E-state index contributed by atoms with van der Waals surface area (Å²) in [5.41, 5.74) is 11.1. The van der Waals surface area contributed by atoms with Crippen molar-refractivity contribution in [2.45, 2.75) is 0 Å². The molecule has 0 atom stereocenters. The number of hydrogen-bond donors (Lipinski definition) is 0. The van der Waals surface area contributed by atoms with Crippen LogP contribution in [0, 0.1) is 0 Å². The van der Waals surface area contributed by atoms with Crippen LogP contribution in [0.25, 0.3) is 111 Å². The third-order valence-electron chi connectivity index (χ3n) is 11.2. The Kier molecular flexibility index (Phi) is 6.83. The molecule has 4 heterocycles. The quantitative estimate of drug-likeness (QED) is 0.177. The van der Waals surface area contributed by atoms with Gasteiger partial charge in [0.05, 0.1) is 22.1 Å². The highest BCUT2D eigenvalue weighted by atomic mass is 16.3. The SMILES string of the molecule is c1ccc(-n2c3ccccc3c3cc(-c4nc(-c5ccc6c(c5)c5ccccc5n6-c5ccccc5)nc(-c5cccc6oc7ccccc7c56)n4)ccc32)cc1. The van der Waals surface area contributed by atoms with E-state index in [1.54, 1.807) is 0 Å². The first-order valence-corrected chi connectivity index (χ1v) is 19.1. The minimum atomic E-state index is 0.589. The molecule has 6 nitrogen and oxygen atoms in total. The van der Waals surface area contributed by atoms with E-state index in [0.717, 1.165) is 82.8 Å². The van der Waals surface area contributed by atoms with Gasteiger partial charge in [-0.15, -0.1) is 0 Å². The summed E-state index contributed by atoms with van der Waals surface area (Å²) in [6, 6.07) is 65.5. The van der Waals surface area contributed by atoms with Gasteiger partial charge < -0.3 is 13.6 Å². The van der Waals surface area contributed by atoms with Crippen LogP contribution in [0.3, 0.4) is 0 Å². The lowest BCUT2D eigenvalue weighted by molar-refractivity contribution is 0.669. The van der Waals surface area contributed by atoms with Crippen LogP contribution in [0.1, 0.15) is 0 Å². The fraction of sp³-hybridized carbons (Fsp3) is 0. The summed E-state index contributed by atoms with van der Waals surface area (Å²) in [7, 11) is 0. The van der Waals surface area contributed by atoms with E-state index in [1.165, 1.54) is 10.8 Å². The molecule has 0 spiro atoms. The Labute approximate surface area is 326 Å². The van der Waals surface area contributed by atoms with Crippen LogP contribution in [-0.2, 0) is 0 Å². The fourth-order valence-corrected chi connectivity index (χ4v) is 8.65. The van der Waals surface area contributed by atoms with E-state index in [1.807, 2.05) is 30.3 Å². The molecule has 0 amide bonds. The number of furan rings is 1. The van der Waals surface area contributed by atoms with Gasteiger partial charge in [0.2, 0.25) is 0 Å². The summed E-state index contributed by atoms with van der Waals surface area (Å²) in [6.45, 7) is 0. The number of nitrogens with zero attached hydrogens (tertiary/aromatic N) is 5. The molecule has 57 heavy (non-hydrogen) atoms. The van der Waals surface area contributed by atoms with Gasteiger partial charge in [-0.1, -0.05) is 103 Å². The van der Waals surface area contributed by atoms with Crippen molar-refractivity contribution >= 4 is 65.6 Å². The Morgan fingerprint density at radius 2 is 0.789 bits per heavy atom. The predicted octanol–water partition coefficient (Wildman–Crippen LogP) is 13.0. The van der Waals surface area contributed by atoms with Crippen LogP contribution in [-0.4, -0.2) is 24.1 Å². The highest BCUT2D eigenvalue weighted by Gasteiger charge is 2.20. The van der Waals surface area contributed by atoms with Crippen molar-refractivity contribution in [3.63, 3.8) is 0 Å². The summed E-state index contributed by atoms with van der Waals surface area (Å²) in [4.78, 5) is 15.8. The smallest absolute Gasteiger partial charge is 0.164 e. The van der Waals surface area contributed by atoms with E-state index in [0.29, 0.717) is 17.5 Å². The zero-order valence-corrected chi connectivity index (χ0v) is 30.5. The van der Waals surface area contributed by atoms with Crippen molar-refractivity contribution in [2.75, 3.05) is 0 Å². The van der Waals surface area contributed by atoms with Gasteiger partial charge in [-0.2, -0.15) is 0 Å². The van der Waals surface area contributed by atoms with Crippen LogP contribution >= 0.6 is 0 Å². The summed E-state index contributed by atoms with van der Waals surface area (Å²) < 4.78 is 11.0. The Morgan fingerprint density at radius 3 is 1.37 bits per heavy atom. The van der Waals surface area contributed by atoms with Gasteiger partial charge in [-0.05, 0) is 84.9 Å². The second-order valence-corrected chi connectivity index (χ2v) is 14.4. The molecule has 0 unspecified atom stereocenters. The molecule has 12 rings (SSSR count). The predicted molar refractivity (Wildman–Crippen MR) is 232 cm³/mol. The maximum Gasteiger partial charge on any atom is 0.164 e. The van der Waals surface area contributed by atoms with Gasteiger partial charge in [-0.3, -0.25) is 0 Å². The van der Waals surface area contributed by atoms with Gasteiger partial charge in [0.1, 0.15) is 11.2 Å². The Hall–Kier alpha value is -7.83. The van der Waals surface area contributed by atoms with Crippen LogP contribution in [0.4, 0.5) is 0 Å². The molecule has 0 aliphatic carbocycles. The molecule has 12 aromatic rings. The first-order valence-electron chi connectivity index (χ1n) is 19.1. The number of fused-ring (bicyclic) bond motifs is 9. The largest absolute Gasteiger partial charge is 0.456 e. The van der Waals surface area contributed by atoms with Crippen molar-refractivity contribution in [3.8, 4) is 45.5 Å². The first-order chi connectivity index (χ1) is 28.3. The van der Waals surface area contributed by atoms with E-state index < -0.39 is 0 Å². The van der Waals surface area contributed by atoms with E-state index in [-0.39, 0.29) is 0 Å². The summed E-state index contributed by atoms with van der Waals surface area (Å²) >= 11 is 0. The van der Waals surface area contributed by atoms with Crippen molar-refractivity contribution in [1.29, 1.82) is 0 Å². The summed E-state index contributed by atoms with van der Waals surface area (Å²) in [5.74, 6) is 1.79. The van der Waals surface area contributed by atoms with E-state index in [2.05, 4.69) is 167 Å². The second-order valence-electron chi connectivity index (χ2n) is 14.4. The standard InChI is InChI=1S/C51H31N5O/c1-3-14-34(15-4-1)55-42-22-10-7-18-36(42)40-30-32(26-28-44(40)55)49-52-50(54-51(53-49)39-21-13-25-47-48(39)38-20-9-12-24-46(38)57-47)33-27-29-45-41(31-33)37-19-8-11-23-43(37)56(45)35-16-5-2-6-17-35/h1-31H. The van der Waals surface area contributed by atoms with Crippen LogP contribution in [0.2, 0.25) is 0 Å². The van der Waals surface area contributed by atoms with Crippen molar-refractivity contribution in [2.24, 2.45) is 0 Å². The third-order valence-corrected chi connectivity index (χ3v) is 11.2. The van der Waals surface area contributed by atoms with Crippen molar-refractivity contribution in [3.05, 3.63) is 188 Å². The Morgan fingerprint density at radius 1 is 0.333 bits per heavy atom. The number of rotatable bonds is 5. The molecule has 6 heteroatoms. The molecule has 266 valence electrons. The molecule has 0 N–H and O–H groups in total. The lowest BCUT2D eigenvalue weighted by atomic mass is 10.0. The molecular weight excluding hydrogens is 699 g/mol. The molecule has 4 aromatic heterocycles. The van der Waals surface area contributed by atoms with Crippen molar-refractivity contribution in [1.82, 2.24) is 24.1 Å². The summed E-state index contributed by atoms with van der Waals surface area (Å²) in [6.07, 6.45) is 0. The molecule has 0 fully saturated rings. The third kappa shape index (κ3) is 4.87. The Bertz CT molecular complexity index is 3350. The molecule has 0 saturated carbocycles. The minimum Gasteiger partial charge on any atom is -0.456 e. The average Bonchev–Trinajstić information content (AvgIpc) is 3.94. The lowest BCUT2D eigenvalue weighted by Gasteiger charge is -2.11. The maximum absolute atomic E-state index is 6.32. The number of benzene rings is 8. The molecule has 0 bridgehead atoms. The summed E-state index contributed by atoms with van der Waals surface area (Å²) in [5, 5.41) is 6.61. The fourth-order valence-electron chi connectivity index (χ4n) is 8.65. The lowest BCUT2D eigenvalue weighted by Crippen LogP contribution is -2.01. The molecular formula is C51H31N5O. The molecule has 0 aliphatic rings. The van der Waals surface area contributed by atoms with Crippen LogP contribution in [0.5, 0.6) is 0 Å².